The Kier molecular flexibility index (Phi) is 1.35. The summed E-state index contributed by atoms with van der Waals surface area (Å²) in [5.74, 6) is -0.149. The van der Waals surface area contributed by atoms with E-state index in [0.717, 1.165) is 11.1 Å². The first-order valence-electron chi connectivity index (χ1n) is 3.43. The van der Waals surface area contributed by atoms with Crippen molar-refractivity contribution in [2.75, 3.05) is 0 Å². The lowest BCUT2D eigenvalue weighted by atomic mass is 10.1. The number of rotatable bonds is 0. The summed E-state index contributed by atoms with van der Waals surface area (Å²) >= 11 is 0. The van der Waals surface area contributed by atoms with Crippen LogP contribution in [0.5, 0.6) is 0 Å². The Hall–Kier alpha value is -1.38. The zero-order chi connectivity index (χ0) is 7.68. The molecule has 0 bridgehead atoms. The van der Waals surface area contributed by atoms with Crippen molar-refractivity contribution in [2.24, 2.45) is 0 Å². The van der Waals surface area contributed by atoms with Crippen molar-refractivity contribution < 1.29 is 9.53 Å². The van der Waals surface area contributed by atoms with Crippen LogP contribution in [-0.4, -0.2) is 11.0 Å². The summed E-state index contributed by atoms with van der Waals surface area (Å²) in [6.07, 6.45) is 3.82. The zero-order valence-electron chi connectivity index (χ0n) is 5.91. The van der Waals surface area contributed by atoms with Gasteiger partial charge in [0.2, 0.25) is 0 Å². The first-order valence-corrected chi connectivity index (χ1v) is 3.43. The molecule has 1 aromatic rings. The number of cyclic esters (lactones) is 1. The van der Waals surface area contributed by atoms with Gasteiger partial charge in [-0.1, -0.05) is 0 Å². The fourth-order valence-corrected chi connectivity index (χ4v) is 1.12. The van der Waals surface area contributed by atoms with Gasteiger partial charge in [-0.3, -0.25) is 9.78 Å². The molecule has 0 saturated carbocycles. The van der Waals surface area contributed by atoms with E-state index in [0.29, 0.717) is 13.0 Å². The molecule has 0 aromatic carbocycles. The van der Waals surface area contributed by atoms with E-state index in [2.05, 4.69) is 4.98 Å². The molecule has 0 radical (unpaired) electrons. The number of hydrogen-bond acceptors (Lipinski definition) is 3. The van der Waals surface area contributed by atoms with Gasteiger partial charge in [-0.2, -0.15) is 0 Å². The second-order valence-corrected chi connectivity index (χ2v) is 2.48. The van der Waals surface area contributed by atoms with Crippen molar-refractivity contribution in [1.82, 2.24) is 4.98 Å². The van der Waals surface area contributed by atoms with Crippen molar-refractivity contribution in [3.05, 3.63) is 29.6 Å². The lowest BCUT2D eigenvalue weighted by molar-refractivity contribution is -0.145. The molecule has 3 nitrogen and oxygen atoms in total. The molecule has 0 spiro atoms. The highest BCUT2D eigenvalue weighted by Crippen LogP contribution is 2.14. The van der Waals surface area contributed by atoms with Gasteiger partial charge >= 0.3 is 5.97 Å². The monoisotopic (exact) mass is 149 g/mol. The minimum Gasteiger partial charge on any atom is -0.460 e. The summed E-state index contributed by atoms with van der Waals surface area (Å²) in [5, 5.41) is 0. The molecule has 0 atom stereocenters. The molecule has 0 saturated heterocycles. The average molecular weight is 149 g/mol. The Morgan fingerprint density at radius 3 is 3.27 bits per heavy atom. The standard InChI is InChI=1S/C8H7NO2/c10-8-3-6-1-2-9-4-7(6)5-11-8/h1-2,4H,3,5H2. The normalized spacial score (nSPS) is 15.5. The number of nitrogens with zero attached hydrogens (tertiary/aromatic N) is 1. The lowest BCUT2D eigenvalue weighted by Gasteiger charge is -2.14. The van der Waals surface area contributed by atoms with E-state index in [4.69, 9.17) is 4.74 Å². The quantitative estimate of drug-likeness (QED) is 0.509. The Morgan fingerprint density at radius 2 is 2.36 bits per heavy atom. The number of aromatic nitrogens is 1. The van der Waals surface area contributed by atoms with Gasteiger partial charge in [0.05, 0.1) is 6.42 Å². The maximum Gasteiger partial charge on any atom is 0.310 e. The van der Waals surface area contributed by atoms with Crippen LogP contribution in [-0.2, 0) is 22.6 Å². The molecule has 0 unspecified atom stereocenters. The van der Waals surface area contributed by atoms with E-state index in [1.54, 1.807) is 12.4 Å². The molecular weight excluding hydrogens is 142 g/mol. The topological polar surface area (TPSA) is 39.2 Å². The number of fused-ring (bicyclic) bond motifs is 1. The number of esters is 1. The maximum atomic E-state index is 10.8. The minimum absolute atomic E-state index is 0.149. The minimum atomic E-state index is -0.149. The van der Waals surface area contributed by atoms with Crippen LogP contribution in [0.3, 0.4) is 0 Å². The van der Waals surface area contributed by atoms with Crippen molar-refractivity contribution in [3.8, 4) is 0 Å². The third-order valence-corrected chi connectivity index (χ3v) is 1.73. The van der Waals surface area contributed by atoms with Gasteiger partial charge in [-0.05, 0) is 11.6 Å². The molecule has 56 valence electrons. The number of hydrogen-bond donors (Lipinski definition) is 0. The Bertz CT molecular complexity index is 296. The molecule has 3 heteroatoms. The number of pyridine rings is 1. The van der Waals surface area contributed by atoms with Crippen LogP contribution in [0.25, 0.3) is 0 Å². The van der Waals surface area contributed by atoms with Crippen LogP contribution in [0.2, 0.25) is 0 Å². The van der Waals surface area contributed by atoms with Gasteiger partial charge < -0.3 is 4.74 Å². The van der Waals surface area contributed by atoms with Gasteiger partial charge in [0.25, 0.3) is 0 Å². The third-order valence-electron chi connectivity index (χ3n) is 1.73. The molecule has 1 aliphatic rings. The molecule has 2 heterocycles. The molecule has 11 heavy (non-hydrogen) atoms. The van der Waals surface area contributed by atoms with Crippen LogP contribution in [0.15, 0.2) is 18.5 Å². The summed E-state index contributed by atoms with van der Waals surface area (Å²) < 4.78 is 4.83. The highest BCUT2D eigenvalue weighted by molar-refractivity contribution is 5.74. The molecule has 2 rings (SSSR count). The SMILES string of the molecule is O=C1Cc2ccncc2CO1. The average Bonchev–Trinajstić information content (AvgIpc) is 2.04. The second kappa shape index (κ2) is 2.34. The van der Waals surface area contributed by atoms with Gasteiger partial charge in [-0.25, -0.2) is 0 Å². The van der Waals surface area contributed by atoms with Crippen molar-refractivity contribution in [2.45, 2.75) is 13.0 Å². The summed E-state index contributed by atoms with van der Waals surface area (Å²) in [6, 6.07) is 1.86. The second-order valence-electron chi connectivity index (χ2n) is 2.48. The fourth-order valence-electron chi connectivity index (χ4n) is 1.12. The highest BCUT2D eigenvalue weighted by Gasteiger charge is 2.15. The van der Waals surface area contributed by atoms with Gasteiger partial charge in [0, 0.05) is 18.0 Å². The van der Waals surface area contributed by atoms with Crippen LogP contribution in [0, 0.1) is 0 Å². The molecule has 1 aliphatic heterocycles. The summed E-state index contributed by atoms with van der Waals surface area (Å²) in [4.78, 5) is 14.7. The number of carbonyl (C=O) groups excluding carboxylic acids is 1. The van der Waals surface area contributed by atoms with E-state index >= 15 is 0 Å². The van der Waals surface area contributed by atoms with E-state index in [1.807, 2.05) is 6.07 Å². The molecule has 1 aromatic heterocycles. The Morgan fingerprint density at radius 1 is 1.45 bits per heavy atom. The third kappa shape index (κ3) is 1.09. The Balaban J connectivity index is 2.41. The predicted octanol–water partition coefficient (Wildman–Crippen LogP) is 0.681. The first-order chi connectivity index (χ1) is 5.36. The predicted molar refractivity (Wildman–Crippen MR) is 37.7 cm³/mol. The largest absolute Gasteiger partial charge is 0.460 e. The highest BCUT2D eigenvalue weighted by atomic mass is 16.5. The Labute approximate surface area is 64.0 Å². The maximum absolute atomic E-state index is 10.8. The summed E-state index contributed by atoms with van der Waals surface area (Å²) in [7, 11) is 0. The van der Waals surface area contributed by atoms with Crippen molar-refractivity contribution in [1.29, 1.82) is 0 Å². The smallest absolute Gasteiger partial charge is 0.310 e. The van der Waals surface area contributed by atoms with E-state index < -0.39 is 0 Å². The fraction of sp³-hybridized carbons (Fsp3) is 0.250. The van der Waals surface area contributed by atoms with Gasteiger partial charge in [0.1, 0.15) is 6.61 Å². The molecular formula is C8H7NO2. The zero-order valence-corrected chi connectivity index (χ0v) is 5.91. The van der Waals surface area contributed by atoms with Crippen LogP contribution in [0.4, 0.5) is 0 Å². The summed E-state index contributed by atoms with van der Waals surface area (Å²) in [5.41, 5.74) is 2.06. The lowest BCUT2D eigenvalue weighted by Crippen LogP contribution is -2.16. The van der Waals surface area contributed by atoms with Crippen LogP contribution < -0.4 is 0 Å². The van der Waals surface area contributed by atoms with Crippen LogP contribution in [0.1, 0.15) is 11.1 Å². The molecule has 0 aliphatic carbocycles. The molecule has 0 amide bonds. The van der Waals surface area contributed by atoms with E-state index in [9.17, 15) is 4.79 Å². The molecule has 0 fully saturated rings. The van der Waals surface area contributed by atoms with Crippen molar-refractivity contribution in [3.63, 3.8) is 0 Å². The first kappa shape index (κ1) is 6.34. The van der Waals surface area contributed by atoms with Crippen molar-refractivity contribution >= 4 is 5.97 Å². The van der Waals surface area contributed by atoms with Gasteiger partial charge in [0.15, 0.2) is 0 Å². The van der Waals surface area contributed by atoms with Gasteiger partial charge in [-0.15, -0.1) is 0 Å². The van der Waals surface area contributed by atoms with Crippen LogP contribution >= 0.6 is 0 Å². The molecule has 0 N–H and O–H groups in total. The van der Waals surface area contributed by atoms with E-state index in [-0.39, 0.29) is 5.97 Å². The number of ether oxygens (including phenoxy) is 1. The number of carbonyl (C=O) groups is 1. The summed E-state index contributed by atoms with van der Waals surface area (Å²) in [6.45, 7) is 0.377. The van der Waals surface area contributed by atoms with E-state index in [1.165, 1.54) is 0 Å².